The van der Waals surface area contributed by atoms with E-state index in [1.54, 1.807) is 12.1 Å². The summed E-state index contributed by atoms with van der Waals surface area (Å²) in [4.78, 5) is 11.7. The molecule has 0 radical (unpaired) electrons. The standard InChI is InChI=1S/C19H18N2O3/c1-3-11-23-18-10-5-4-8-16(18)13-20-21-19(22)14-24-17-9-6-7-15(2)12-17/h1,4-10,12-13H,11,14H2,2H3,(H,21,22)/b20-13-. The van der Waals surface area contributed by atoms with Crippen molar-refractivity contribution in [3.8, 4) is 23.8 Å². The Bertz CT molecular complexity index is 763. The predicted molar refractivity (Wildman–Crippen MR) is 93.2 cm³/mol. The Hall–Kier alpha value is -3.26. The van der Waals surface area contributed by atoms with Crippen molar-refractivity contribution in [2.45, 2.75) is 6.92 Å². The van der Waals surface area contributed by atoms with Crippen LogP contribution in [0.2, 0.25) is 0 Å². The van der Waals surface area contributed by atoms with Crippen LogP contribution in [-0.4, -0.2) is 25.3 Å². The van der Waals surface area contributed by atoms with E-state index < -0.39 is 0 Å². The van der Waals surface area contributed by atoms with Gasteiger partial charge in [-0.25, -0.2) is 5.43 Å². The van der Waals surface area contributed by atoms with Gasteiger partial charge in [0.15, 0.2) is 6.61 Å². The lowest BCUT2D eigenvalue weighted by Gasteiger charge is -2.06. The van der Waals surface area contributed by atoms with Gasteiger partial charge in [0, 0.05) is 5.56 Å². The average Bonchev–Trinajstić information content (AvgIpc) is 2.59. The number of terminal acetylenes is 1. The Labute approximate surface area is 141 Å². The molecule has 1 N–H and O–H groups in total. The lowest BCUT2D eigenvalue weighted by atomic mass is 10.2. The maximum atomic E-state index is 11.7. The van der Waals surface area contributed by atoms with Crippen LogP contribution in [0.5, 0.6) is 11.5 Å². The molecule has 2 aromatic rings. The number of benzene rings is 2. The molecule has 0 saturated heterocycles. The van der Waals surface area contributed by atoms with E-state index >= 15 is 0 Å². The van der Waals surface area contributed by atoms with E-state index in [9.17, 15) is 4.79 Å². The molecule has 2 rings (SSSR count). The van der Waals surface area contributed by atoms with Crippen molar-refractivity contribution in [2.75, 3.05) is 13.2 Å². The molecule has 0 unspecified atom stereocenters. The molecule has 1 amide bonds. The molecule has 0 aromatic heterocycles. The van der Waals surface area contributed by atoms with E-state index in [-0.39, 0.29) is 19.1 Å². The second-order valence-corrected chi connectivity index (χ2v) is 4.93. The van der Waals surface area contributed by atoms with Crippen LogP contribution >= 0.6 is 0 Å². The summed E-state index contributed by atoms with van der Waals surface area (Å²) < 4.78 is 10.8. The Kier molecular flexibility index (Phi) is 6.42. The number of hydrogen-bond donors (Lipinski definition) is 1. The van der Waals surface area contributed by atoms with Crippen LogP contribution in [0.4, 0.5) is 0 Å². The van der Waals surface area contributed by atoms with Crippen LogP contribution in [-0.2, 0) is 4.79 Å². The number of nitrogens with one attached hydrogen (secondary N) is 1. The van der Waals surface area contributed by atoms with Gasteiger partial charge in [0.1, 0.15) is 18.1 Å². The average molecular weight is 322 g/mol. The van der Waals surface area contributed by atoms with Gasteiger partial charge in [0.05, 0.1) is 6.21 Å². The number of rotatable bonds is 7. The van der Waals surface area contributed by atoms with Crippen molar-refractivity contribution in [3.63, 3.8) is 0 Å². The summed E-state index contributed by atoms with van der Waals surface area (Å²) >= 11 is 0. The first kappa shape index (κ1) is 17.1. The largest absolute Gasteiger partial charge is 0.484 e. The number of hydrogen-bond acceptors (Lipinski definition) is 4. The fourth-order valence-corrected chi connectivity index (χ4v) is 1.90. The van der Waals surface area contributed by atoms with Gasteiger partial charge in [0.2, 0.25) is 0 Å². The molecule has 0 aliphatic rings. The Morgan fingerprint density at radius 2 is 2.08 bits per heavy atom. The van der Waals surface area contributed by atoms with Crippen LogP contribution < -0.4 is 14.9 Å². The number of nitrogens with zero attached hydrogens (tertiary/aromatic N) is 1. The number of amides is 1. The highest BCUT2D eigenvalue weighted by Gasteiger charge is 2.03. The molecule has 0 bridgehead atoms. The molecule has 5 nitrogen and oxygen atoms in total. The highest BCUT2D eigenvalue weighted by atomic mass is 16.5. The summed E-state index contributed by atoms with van der Waals surface area (Å²) in [5, 5.41) is 3.90. The molecule has 0 aliphatic carbocycles. The molecule has 0 fully saturated rings. The lowest BCUT2D eigenvalue weighted by molar-refractivity contribution is -0.123. The molecular formula is C19H18N2O3. The zero-order valence-corrected chi connectivity index (χ0v) is 13.4. The van der Waals surface area contributed by atoms with E-state index in [1.165, 1.54) is 6.21 Å². The molecule has 2 aromatic carbocycles. The molecule has 0 heterocycles. The summed E-state index contributed by atoms with van der Waals surface area (Å²) in [5.41, 5.74) is 4.19. The van der Waals surface area contributed by atoms with Crippen molar-refractivity contribution in [1.29, 1.82) is 0 Å². The second kappa shape index (κ2) is 9.01. The highest BCUT2D eigenvalue weighted by Crippen LogP contribution is 2.15. The molecule has 0 atom stereocenters. The molecule has 122 valence electrons. The Morgan fingerprint density at radius 1 is 1.25 bits per heavy atom. The molecule has 0 saturated carbocycles. The van der Waals surface area contributed by atoms with Crippen LogP contribution in [0, 0.1) is 19.3 Å². The van der Waals surface area contributed by atoms with Crippen LogP contribution in [0.25, 0.3) is 0 Å². The van der Waals surface area contributed by atoms with E-state index in [4.69, 9.17) is 15.9 Å². The predicted octanol–water partition coefficient (Wildman–Crippen LogP) is 2.54. The highest BCUT2D eigenvalue weighted by molar-refractivity contribution is 5.85. The Morgan fingerprint density at radius 3 is 2.88 bits per heavy atom. The van der Waals surface area contributed by atoms with Crippen molar-refractivity contribution >= 4 is 12.1 Å². The van der Waals surface area contributed by atoms with E-state index in [0.29, 0.717) is 17.1 Å². The molecular weight excluding hydrogens is 304 g/mol. The van der Waals surface area contributed by atoms with Gasteiger partial charge in [-0.15, -0.1) is 6.42 Å². The summed E-state index contributed by atoms with van der Waals surface area (Å²) in [6, 6.07) is 14.7. The third kappa shape index (κ3) is 5.50. The zero-order chi connectivity index (χ0) is 17.2. The van der Waals surface area contributed by atoms with Gasteiger partial charge in [-0.05, 0) is 36.8 Å². The number of aryl methyl sites for hydroxylation is 1. The number of carbonyl (C=O) groups excluding carboxylic acids is 1. The topological polar surface area (TPSA) is 59.9 Å². The minimum Gasteiger partial charge on any atom is -0.484 e. The summed E-state index contributed by atoms with van der Waals surface area (Å²) in [6.45, 7) is 2.01. The fourth-order valence-electron chi connectivity index (χ4n) is 1.90. The minimum atomic E-state index is -0.352. The maximum Gasteiger partial charge on any atom is 0.277 e. The smallest absolute Gasteiger partial charge is 0.277 e. The number of para-hydroxylation sites is 1. The number of ether oxygens (including phenoxy) is 2. The number of carbonyl (C=O) groups is 1. The SMILES string of the molecule is C#CCOc1ccccc1/C=N\NC(=O)COc1cccc(C)c1. The first-order chi connectivity index (χ1) is 11.7. The summed E-state index contributed by atoms with van der Waals surface area (Å²) in [7, 11) is 0. The Balaban J connectivity index is 1.85. The van der Waals surface area contributed by atoms with Crippen molar-refractivity contribution in [2.24, 2.45) is 5.10 Å². The lowest BCUT2D eigenvalue weighted by Crippen LogP contribution is -2.24. The molecule has 0 aliphatic heterocycles. The molecule has 5 heteroatoms. The second-order valence-electron chi connectivity index (χ2n) is 4.93. The monoisotopic (exact) mass is 322 g/mol. The normalized spacial score (nSPS) is 10.2. The quantitative estimate of drug-likeness (QED) is 0.484. The van der Waals surface area contributed by atoms with E-state index in [2.05, 4.69) is 16.4 Å². The third-order valence-electron chi connectivity index (χ3n) is 2.98. The van der Waals surface area contributed by atoms with Gasteiger partial charge >= 0.3 is 0 Å². The summed E-state index contributed by atoms with van der Waals surface area (Å²) in [5.74, 6) is 3.29. The van der Waals surface area contributed by atoms with Gasteiger partial charge in [-0.3, -0.25) is 4.79 Å². The van der Waals surface area contributed by atoms with E-state index in [1.807, 2.05) is 43.3 Å². The van der Waals surface area contributed by atoms with Crippen molar-refractivity contribution < 1.29 is 14.3 Å². The minimum absolute atomic E-state index is 0.115. The zero-order valence-electron chi connectivity index (χ0n) is 13.4. The van der Waals surface area contributed by atoms with Crippen molar-refractivity contribution in [1.82, 2.24) is 5.43 Å². The molecule has 0 spiro atoms. The van der Waals surface area contributed by atoms with Crippen LogP contribution in [0.1, 0.15) is 11.1 Å². The van der Waals surface area contributed by atoms with Crippen molar-refractivity contribution in [3.05, 3.63) is 59.7 Å². The number of hydrazone groups is 1. The maximum absolute atomic E-state index is 11.7. The van der Waals surface area contributed by atoms with Gasteiger partial charge in [-0.1, -0.05) is 30.2 Å². The molecule has 24 heavy (non-hydrogen) atoms. The van der Waals surface area contributed by atoms with Crippen LogP contribution in [0.3, 0.4) is 0 Å². The van der Waals surface area contributed by atoms with Crippen LogP contribution in [0.15, 0.2) is 53.6 Å². The third-order valence-corrected chi connectivity index (χ3v) is 2.98. The van der Waals surface area contributed by atoms with E-state index in [0.717, 1.165) is 5.56 Å². The summed E-state index contributed by atoms with van der Waals surface area (Å²) in [6.07, 6.45) is 6.67. The first-order valence-electron chi connectivity index (χ1n) is 7.35. The first-order valence-corrected chi connectivity index (χ1v) is 7.35. The van der Waals surface area contributed by atoms with Gasteiger partial charge < -0.3 is 9.47 Å². The van der Waals surface area contributed by atoms with Gasteiger partial charge in [0.25, 0.3) is 5.91 Å². The fraction of sp³-hybridized carbons (Fsp3) is 0.158. The van der Waals surface area contributed by atoms with Gasteiger partial charge in [-0.2, -0.15) is 5.10 Å².